The second-order valence-electron chi connectivity index (χ2n) is 6.57. The van der Waals surface area contributed by atoms with Gasteiger partial charge in [0, 0.05) is 43.2 Å². The van der Waals surface area contributed by atoms with E-state index in [0.29, 0.717) is 16.5 Å². The maximum absolute atomic E-state index is 12.6. The Kier molecular flexibility index (Phi) is 6.30. The molecule has 1 aromatic heterocycles. The van der Waals surface area contributed by atoms with E-state index in [4.69, 9.17) is 0 Å². The maximum atomic E-state index is 12.6. The summed E-state index contributed by atoms with van der Waals surface area (Å²) in [7, 11) is -0.770. The number of carbonyl (C=O) groups excluding carboxylic acids is 2. The van der Waals surface area contributed by atoms with E-state index >= 15 is 0 Å². The van der Waals surface area contributed by atoms with Crippen LogP contribution in [0.4, 0.5) is 10.8 Å². The molecule has 0 aliphatic rings. The Bertz CT molecular complexity index is 1190. The van der Waals surface area contributed by atoms with Gasteiger partial charge in [0.05, 0.1) is 10.6 Å². The van der Waals surface area contributed by atoms with Gasteiger partial charge >= 0.3 is 0 Å². The number of sulfonamides is 1. The molecule has 8 nitrogen and oxygen atoms in total. The van der Waals surface area contributed by atoms with Crippen LogP contribution in [-0.4, -0.2) is 43.6 Å². The molecule has 2 amide bonds. The SMILES string of the molecule is CC(=O)Nc1ccc(-c2csc(NC(=O)c3cccc(S(=O)(=O)N(C)C)c3)n2)cc1. The summed E-state index contributed by atoms with van der Waals surface area (Å²) in [5.74, 6) is -0.600. The molecule has 0 bridgehead atoms. The minimum Gasteiger partial charge on any atom is -0.326 e. The number of hydrogen-bond donors (Lipinski definition) is 2. The summed E-state index contributed by atoms with van der Waals surface area (Å²) in [5, 5.41) is 7.58. The molecule has 2 N–H and O–H groups in total. The third-order valence-corrected chi connectivity index (χ3v) is 6.67. The highest BCUT2D eigenvalue weighted by Gasteiger charge is 2.19. The molecule has 0 aliphatic carbocycles. The van der Waals surface area contributed by atoms with Crippen molar-refractivity contribution < 1.29 is 18.0 Å². The van der Waals surface area contributed by atoms with Crippen molar-refractivity contribution in [2.24, 2.45) is 0 Å². The monoisotopic (exact) mass is 444 g/mol. The molecule has 0 unspecified atom stereocenters. The second-order valence-corrected chi connectivity index (χ2v) is 9.58. The molecule has 0 fully saturated rings. The lowest BCUT2D eigenvalue weighted by molar-refractivity contribution is -0.114. The number of rotatable bonds is 6. The number of nitrogens with zero attached hydrogens (tertiary/aromatic N) is 2. The Morgan fingerprint density at radius 1 is 1.03 bits per heavy atom. The number of anilines is 2. The van der Waals surface area contributed by atoms with E-state index in [1.807, 2.05) is 12.1 Å². The van der Waals surface area contributed by atoms with Gasteiger partial charge in [-0.25, -0.2) is 17.7 Å². The van der Waals surface area contributed by atoms with Gasteiger partial charge in [-0.3, -0.25) is 14.9 Å². The Morgan fingerprint density at radius 3 is 2.37 bits per heavy atom. The summed E-state index contributed by atoms with van der Waals surface area (Å²) in [5.41, 5.74) is 2.41. The van der Waals surface area contributed by atoms with Crippen molar-refractivity contribution >= 4 is 44.0 Å². The van der Waals surface area contributed by atoms with Gasteiger partial charge in [-0.1, -0.05) is 18.2 Å². The topological polar surface area (TPSA) is 108 Å². The van der Waals surface area contributed by atoms with Crippen LogP contribution in [0, 0.1) is 0 Å². The van der Waals surface area contributed by atoms with Gasteiger partial charge in [0.25, 0.3) is 5.91 Å². The fourth-order valence-corrected chi connectivity index (χ4v) is 4.23. The first-order valence-corrected chi connectivity index (χ1v) is 11.2. The largest absolute Gasteiger partial charge is 0.326 e. The molecule has 2 aromatic carbocycles. The number of hydrogen-bond acceptors (Lipinski definition) is 6. The summed E-state index contributed by atoms with van der Waals surface area (Å²) in [6, 6.07) is 13.0. The average molecular weight is 445 g/mol. The summed E-state index contributed by atoms with van der Waals surface area (Å²) < 4.78 is 25.6. The maximum Gasteiger partial charge on any atom is 0.257 e. The normalized spacial score (nSPS) is 11.3. The molecule has 0 saturated heterocycles. The van der Waals surface area contributed by atoms with E-state index in [1.54, 1.807) is 23.6 Å². The lowest BCUT2D eigenvalue weighted by atomic mass is 10.1. The smallest absolute Gasteiger partial charge is 0.257 e. The molecule has 10 heteroatoms. The van der Waals surface area contributed by atoms with Crippen molar-refractivity contribution in [3.05, 3.63) is 59.5 Å². The van der Waals surface area contributed by atoms with Crippen LogP contribution in [0.3, 0.4) is 0 Å². The second kappa shape index (κ2) is 8.74. The predicted molar refractivity (Wildman–Crippen MR) is 117 cm³/mol. The number of amides is 2. The summed E-state index contributed by atoms with van der Waals surface area (Å²) in [6.07, 6.45) is 0. The number of aromatic nitrogens is 1. The van der Waals surface area contributed by atoms with E-state index in [9.17, 15) is 18.0 Å². The summed E-state index contributed by atoms with van der Waals surface area (Å²) >= 11 is 1.26. The van der Waals surface area contributed by atoms with Crippen molar-refractivity contribution in [3.63, 3.8) is 0 Å². The molecule has 156 valence electrons. The lowest BCUT2D eigenvalue weighted by Gasteiger charge is -2.12. The highest BCUT2D eigenvalue weighted by atomic mass is 32.2. The van der Waals surface area contributed by atoms with Gasteiger partial charge in [-0.2, -0.15) is 0 Å². The zero-order valence-corrected chi connectivity index (χ0v) is 18.2. The number of carbonyl (C=O) groups is 2. The quantitative estimate of drug-likeness (QED) is 0.607. The molecule has 0 aliphatic heterocycles. The van der Waals surface area contributed by atoms with Crippen molar-refractivity contribution in [2.45, 2.75) is 11.8 Å². The van der Waals surface area contributed by atoms with Gasteiger partial charge in [0.15, 0.2) is 5.13 Å². The molecule has 3 rings (SSSR count). The first kappa shape index (κ1) is 21.6. The van der Waals surface area contributed by atoms with E-state index < -0.39 is 15.9 Å². The molecular formula is C20H20N4O4S2. The Hall–Kier alpha value is -3.08. The zero-order chi connectivity index (χ0) is 21.9. The first-order valence-electron chi connectivity index (χ1n) is 8.84. The number of thiazole rings is 1. The number of benzene rings is 2. The van der Waals surface area contributed by atoms with Crippen LogP contribution < -0.4 is 10.6 Å². The van der Waals surface area contributed by atoms with Crippen LogP contribution in [0.15, 0.2) is 58.8 Å². The summed E-state index contributed by atoms with van der Waals surface area (Å²) in [4.78, 5) is 28.1. The average Bonchev–Trinajstić information content (AvgIpc) is 3.16. The van der Waals surface area contributed by atoms with Gasteiger partial charge in [-0.05, 0) is 30.3 Å². The lowest BCUT2D eigenvalue weighted by Crippen LogP contribution is -2.22. The third kappa shape index (κ3) is 4.90. The van der Waals surface area contributed by atoms with Crippen molar-refractivity contribution in [1.29, 1.82) is 0 Å². The summed E-state index contributed by atoms with van der Waals surface area (Å²) in [6.45, 7) is 1.44. The molecule has 0 atom stereocenters. The Morgan fingerprint density at radius 2 is 1.73 bits per heavy atom. The van der Waals surface area contributed by atoms with Crippen LogP contribution in [-0.2, 0) is 14.8 Å². The van der Waals surface area contributed by atoms with E-state index in [2.05, 4.69) is 15.6 Å². The van der Waals surface area contributed by atoms with E-state index in [1.165, 1.54) is 50.6 Å². The zero-order valence-electron chi connectivity index (χ0n) is 16.5. The van der Waals surface area contributed by atoms with Crippen LogP contribution >= 0.6 is 11.3 Å². The van der Waals surface area contributed by atoms with Gasteiger partial charge in [0.1, 0.15) is 0 Å². The molecule has 3 aromatic rings. The van der Waals surface area contributed by atoms with E-state index in [-0.39, 0.29) is 16.4 Å². The highest BCUT2D eigenvalue weighted by molar-refractivity contribution is 7.89. The van der Waals surface area contributed by atoms with Crippen LogP contribution in [0.25, 0.3) is 11.3 Å². The predicted octanol–water partition coefficient (Wildman–Crippen LogP) is 3.27. The van der Waals surface area contributed by atoms with Crippen molar-refractivity contribution in [3.8, 4) is 11.3 Å². The van der Waals surface area contributed by atoms with E-state index in [0.717, 1.165) is 9.87 Å². The van der Waals surface area contributed by atoms with Gasteiger partial charge in [0.2, 0.25) is 15.9 Å². The Balaban J connectivity index is 1.75. The third-order valence-electron chi connectivity index (χ3n) is 4.10. The van der Waals surface area contributed by atoms with Crippen LogP contribution in [0.5, 0.6) is 0 Å². The van der Waals surface area contributed by atoms with Gasteiger partial charge in [-0.15, -0.1) is 11.3 Å². The molecule has 30 heavy (non-hydrogen) atoms. The molecule has 0 saturated carbocycles. The highest BCUT2D eigenvalue weighted by Crippen LogP contribution is 2.26. The van der Waals surface area contributed by atoms with Gasteiger partial charge < -0.3 is 5.32 Å². The molecular weight excluding hydrogens is 424 g/mol. The van der Waals surface area contributed by atoms with Crippen LogP contribution in [0.2, 0.25) is 0 Å². The molecule has 0 spiro atoms. The fraction of sp³-hybridized carbons (Fsp3) is 0.150. The molecule has 1 heterocycles. The fourth-order valence-electron chi connectivity index (χ4n) is 2.57. The minimum absolute atomic E-state index is 0.0410. The molecule has 0 radical (unpaired) electrons. The van der Waals surface area contributed by atoms with Crippen molar-refractivity contribution in [2.75, 3.05) is 24.7 Å². The Labute approximate surface area is 178 Å². The standard InChI is InChI=1S/C20H20N4O4S2/c1-13(25)21-16-9-7-14(8-10-16)18-12-29-20(22-18)23-19(26)15-5-4-6-17(11-15)30(27,28)24(2)3/h4-12H,1-3H3,(H,21,25)(H,22,23,26). The van der Waals surface area contributed by atoms with Crippen molar-refractivity contribution in [1.82, 2.24) is 9.29 Å². The van der Waals surface area contributed by atoms with Crippen LogP contribution in [0.1, 0.15) is 17.3 Å². The number of nitrogens with one attached hydrogen (secondary N) is 2. The minimum atomic E-state index is -3.63. The first-order chi connectivity index (χ1) is 14.2.